The highest BCUT2D eigenvalue weighted by atomic mass is 19.3. The van der Waals surface area contributed by atoms with Crippen LogP contribution in [0, 0.1) is 0 Å². The van der Waals surface area contributed by atoms with Crippen LogP contribution in [0.4, 0.5) is 14.5 Å². The van der Waals surface area contributed by atoms with E-state index >= 15 is 0 Å². The highest BCUT2D eigenvalue weighted by Crippen LogP contribution is 2.25. The van der Waals surface area contributed by atoms with Gasteiger partial charge in [0.05, 0.1) is 5.69 Å². The largest absolute Gasteiger partial charge is 0.433 e. The molecule has 7 nitrogen and oxygen atoms in total. The van der Waals surface area contributed by atoms with Gasteiger partial charge in [0.2, 0.25) is 6.10 Å². The molecule has 0 aliphatic carbocycles. The van der Waals surface area contributed by atoms with E-state index in [1.165, 1.54) is 25.1 Å². The number of halogens is 2. The van der Waals surface area contributed by atoms with Crippen molar-refractivity contribution in [1.82, 2.24) is 0 Å². The van der Waals surface area contributed by atoms with Crippen LogP contribution in [-0.4, -0.2) is 36.2 Å². The normalized spacial score (nSPS) is 12.9. The molecule has 0 radical (unpaired) electrons. The average Bonchev–Trinajstić information content (AvgIpc) is 2.45. The number of anilines is 1. The fraction of sp³-hybridized carbons (Fsp3) is 0.333. The lowest BCUT2D eigenvalue weighted by Gasteiger charge is -2.14. The van der Waals surface area contributed by atoms with E-state index in [-0.39, 0.29) is 17.3 Å². The summed E-state index contributed by atoms with van der Waals surface area (Å²) >= 11 is 0. The highest BCUT2D eigenvalue weighted by Gasteiger charge is 2.17. The van der Waals surface area contributed by atoms with Gasteiger partial charge in [-0.1, -0.05) is 17.3 Å². The topological polar surface area (TPSA) is 106 Å². The number of oxime groups is 1. The summed E-state index contributed by atoms with van der Waals surface area (Å²) in [5, 5.41) is 14.3. The summed E-state index contributed by atoms with van der Waals surface area (Å²) in [4.78, 5) is 16.6. The number of aliphatic hydroxyl groups is 1. The summed E-state index contributed by atoms with van der Waals surface area (Å²) in [5.74, 6) is -1.02. The monoisotopic (exact) mass is 303 g/mol. The van der Waals surface area contributed by atoms with E-state index in [1.54, 1.807) is 6.07 Å². The number of carbonyl (C=O) groups excluding carboxylic acids is 1. The molecule has 0 aromatic heterocycles. The molecule has 1 rings (SSSR count). The van der Waals surface area contributed by atoms with Crippen LogP contribution in [0.5, 0.6) is 5.75 Å². The lowest BCUT2D eigenvalue weighted by molar-refractivity contribution is -0.126. The second kappa shape index (κ2) is 8.00. The Morgan fingerprint density at radius 1 is 1.48 bits per heavy atom. The summed E-state index contributed by atoms with van der Waals surface area (Å²) in [6.07, 6.45) is -1.05. The van der Waals surface area contributed by atoms with Gasteiger partial charge in [-0.25, -0.2) is 0 Å². The van der Waals surface area contributed by atoms with Crippen molar-refractivity contribution in [1.29, 1.82) is 0 Å². The molecule has 9 heteroatoms. The van der Waals surface area contributed by atoms with Crippen molar-refractivity contribution in [3.05, 3.63) is 24.3 Å². The summed E-state index contributed by atoms with van der Waals surface area (Å²) in [6, 6.07) is 5.71. The van der Waals surface area contributed by atoms with Crippen LogP contribution in [0.2, 0.25) is 0 Å². The minimum Gasteiger partial charge on any atom is -0.433 e. The number of para-hydroxylation sites is 2. The number of aliphatic hydroxyl groups excluding tert-OH is 1. The van der Waals surface area contributed by atoms with Crippen molar-refractivity contribution in [2.75, 3.05) is 11.9 Å². The van der Waals surface area contributed by atoms with Crippen molar-refractivity contribution in [3.8, 4) is 5.75 Å². The van der Waals surface area contributed by atoms with Crippen LogP contribution in [0.3, 0.4) is 0 Å². The molecule has 0 aliphatic heterocycles. The standard InChI is InChI=1S/C12H15F2N3O4/c1-7(21-17-10(15)6-18)11(19)16-8-4-2-3-5-9(8)20-12(13)14/h2-5,7,12,18H,6H2,1H3,(H2,15,17)(H,16,19). The molecule has 1 aromatic rings. The van der Waals surface area contributed by atoms with Crippen molar-refractivity contribution in [3.63, 3.8) is 0 Å². The Bertz CT molecular complexity index is 511. The zero-order chi connectivity index (χ0) is 15.8. The third-order valence-corrected chi connectivity index (χ3v) is 2.22. The third-order valence-electron chi connectivity index (χ3n) is 2.22. The predicted molar refractivity (Wildman–Crippen MR) is 71.0 cm³/mol. The number of nitrogens with two attached hydrogens (primary N) is 1. The summed E-state index contributed by atoms with van der Waals surface area (Å²) in [5.41, 5.74) is 5.26. The minimum atomic E-state index is -3.01. The van der Waals surface area contributed by atoms with E-state index in [9.17, 15) is 13.6 Å². The number of hydrogen-bond acceptors (Lipinski definition) is 5. The molecular formula is C12H15F2N3O4. The van der Waals surface area contributed by atoms with Gasteiger partial charge in [0, 0.05) is 0 Å². The Hall–Kier alpha value is -2.42. The molecule has 0 bridgehead atoms. The van der Waals surface area contributed by atoms with E-state index in [4.69, 9.17) is 15.7 Å². The van der Waals surface area contributed by atoms with Crippen LogP contribution in [0.1, 0.15) is 6.92 Å². The van der Waals surface area contributed by atoms with E-state index in [2.05, 4.69) is 15.2 Å². The first-order valence-electron chi connectivity index (χ1n) is 5.87. The first-order chi connectivity index (χ1) is 9.93. The van der Waals surface area contributed by atoms with E-state index in [0.717, 1.165) is 0 Å². The summed E-state index contributed by atoms with van der Waals surface area (Å²) in [6.45, 7) is -2.15. The second-order valence-electron chi connectivity index (χ2n) is 3.85. The zero-order valence-electron chi connectivity index (χ0n) is 11.1. The molecule has 21 heavy (non-hydrogen) atoms. The molecule has 1 amide bonds. The molecule has 1 aromatic carbocycles. The van der Waals surface area contributed by atoms with Gasteiger partial charge >= 0.3 is 6.61 Å². The number of nitrogens with one attached hydrogen (secondary N) is 1. The quantitative estimate of drug-likeness (QED) is 0.394. The summed E-state index contributed by atoms with van der Waals surface area (Å²) in [7, 11) is 0. The Morgan fingerprint density at radius 3 is 2.76 bits per heavy atom. The molecule has 0 saturated carbocycles. The van der Waals surface area contributed by atoms with Gasteiger partial charge in [-0.05, 0) is 19.1 Å². The van der Waals surface area contributed by atoms with E-state index in [1.807, 2.05) is 0 Å². The summed E-state index contributed by atoms with van der Waals surface area (Å²) < 4.78 is 28.7. The molecule has 0 fully saturated rings. The van der Waals surface area contributed by atoms with Crippen LogP contribution in [0.15, 0.2) is 29.4 Å². The van der Waals surface area contributed by atoms with Gasteiger partial charge in [-0.15, -0.1) is 0 Å². The van der Waals surface area contributed by atoms with E-state index < -0.39 is 25.2 Å². The van der Waals surface area contributed by atoms with Gasteiger partial charge in [-0.3, -0.25) is 4.79 Å². The molecule has 0 heterocycles. The molecule has 116 valence electrons. The van der Waals surface area contributed by atoms with Crippen molar-refractivity contribution < 1.29 is 28.3 Å². The molecule has 0 saturated heterocycles. The Morgan fingerprint density at radius 2 is 2.14 bits per heavy atom. The number of amidine groups is 1. The SMILES string of the molecule is CC(ON=C(N)CO)C(=O)Nc1ccccc1OC(F)F. The highest BCUT2D eigenvalue weighted by molar-refractivity contribution is 5.95. The lowest BCUT2D eigenvalue weighted by Crippen LogP contribution is -2.28. The minimum absolute atomic E-state index is 0.0670. The number of benzene rings is 1. The Balaban J connectivity index is 2.70. The van der Waals surface area contributed by atoms with Gasteiger partial charge in [0.15, 0.2) is 5.84 Å². The van der Waals surface area contributed by atoms with Crippen LogP contribution >= 0.6 is 0 Å². The molecule has 1 atom stereocenters. The predicted octanol–water partition coefficient (Wildman–Crippen LogP) is 0.896. The third kappa shape index (κ3) is 5.61. The van der Waals surface area contributed by atoms with Gasteiger partial charge in [0.25, 0.3) is 5.91 Å². The van der Waals surface area contributed by atoms with Gasteiger partial charge < -0.3 is 25.7 Å². The van der Waals surface area contributed by atoms with Crippen molar-refractivity contribution >= 4 is 17.4 Å². The Kier molecular flexibility index (Phi) is 6.34. The molecule has 4 N–H and O–H groups in total. The maximum atomic E-state index is 12.2. The number of alkyl halides is 2. The molecule has 1 unspecified atom stereocenters. The first-order valence-corrected chi connectivity index (χ1v) is 5.87. The molecular weight excluding hydrogens is 288 g/mol. The lowest BCUT2D eigenvalue weighted by atomic mass is 10.2. The van der Waals surface area contributed by atoms with Crippen molar-refractivity contribution in [2.24, 2.45) is 10.9 Å². The van der Waals surface area contributed by atoms with Crippen LogP contribution in [0.25, 0.3) is 0 Å². The van der Waals surface area contributed by atoms with Crippen LogP contribution in [-0.2, 0) is 9.63 Å². The number of nitrogens with zero attached hydrogens (tertiary/aromatic N) is 1. The fourth-order valence-corrected chi connectivity index (χ4v) is 1.23. The smallest absolute Gasteiger partial charge is 0.387 e. The molecule has 0 aliphatic rings. The Labute approximate surface area is 119 Å². The van der Waals surface area contributed by atoms with Gasteiger partial charge in [-0.2, -0.15) is 8.78 Å². The number of hydrogen-bond donors (Lipinski definition) is 3. The van der Waals surface area contributed by atoms with Gasteiger partial charge in [0.1, 0.15) is 12.4 Å². The maximum absolute atomic E-state index is 12.2. The second-order valence-corrected chi connectivity index (χ2v) is 3.85. The number of ether oxygens (including phenoxy) is 1. The maximum Gasteiger partial charge on any atom is 0.387 e. The van der Waals surface area contributed by atoms with Crippen molar-refractivity contribution in [2.45, 2.75) is 19.6 Å². The van der Waals surface area contributed by atoms with Crippen LogP contribution < -0.4 is 15.8 Å². The number of rotatable bonds is 7. The average molecular weight is 303 g/mol. The zero-order valence-corrected chi connectivity index (χ0v) is 11.1. The van der Waals surface area contributed by atoms with E-state index in [0.29, 0.717) is 0 Å². The fourth-order valence-electron chi connectivity index (χ4n) is 1.23. The number of amides is 1. The first kappa shape index (κ1) is 16.6. The molecule has 0 spiro atoms. The number of carbonyl (C=O) groups is 1.